The average molecular weight is 313 g/mol. The summed E-state index contributed by atoms with van der Waals surface area (Å²) >= 11 is 5.63. The smallest absolute Gasteiger partial charge is 0.321 e. The topological polar surface area (TPSA) is 17.8 Å². The highest BCUT2D eigenvalue weighted by molar-refractivity contribution is 6.16. The Bertz CT molecular complexity index is 635. The summed E-state index contributed by atoms with van der Waals surface area (Å²) in [6.07, 6.45) is -5.61. The van der Waals surface area contributed by atoms with Crippen molar-refractivity contribution >= 4 is 22.6 Å². The van der Waals surface area contributed by atoms with Gasteiger partial charge in [0.15, 0.2) is 11.6 Å². The molecule has 1 unspecified atom stereocenters. The molecule has 0 N–H and O–H groups in total. The van der Waals surface area contributed by atoms with Crippen molar-refractivity contribution in [3.8, 4) is 0 Å². The number of alkyl halides is 4. The molecule has 2 nitrogen and oxygen atoms in total. The molecule has 0 amide bonds. The van der Waals surface area contributed by atoms with Crippen molar-refractivity contribution in [3.63, 3.8) is 0 Å². The molecule has 0 aliphatic rings. The molecule has 0 aliphatic heterocycles. The Morgan fingerprint density at radius 3 is 2.50 bits per heavy atom. The zero-order valence-corrected chi connectivity index (χ0v) is 11.1. The molecule has 1 atom stereocenters. The molecule has 8 heteroatoms. The fourth-order valence-corrected chi connectivity index (χ4v) is 2.35. The molecule has 0 saturated heterocycles. The number of imidazole rings is 1. The van der Waals surface area contributed by atoms with E-state index in [1.54, 1.807) is 0 Å². The summed E-state index contributed by atoms with van der Waals surface area (Å²) < 4.78 is 65.6. The summed E-state index contributed by atoms with van der Waals surface area (Å²) in [4.78, 5) is 3.94. The second kappa shape index (κ2) is 5.20. The van der Waals surface area contributed by atoms with E-state index < -0.39 is 30.3 Å². The van der Waals surface area contributed by atoms with Crippen molar-refractivity contribution in [1.29, 1.82) is 0 Å². The van der Waals surface area contributed by atoms with Gasteiger partial charge in [-0.25, -0.2) is 13.8 Å². The predicted molar refractivity (Wildman–Crippen MR) is 64.6 cm³/mol. The minimum atomic E-state index is -4.43. The fraction of sp³-hybridized carbons (Fsp3) is 0.417. The van der Waals surface area contributed by atoms with E-state index in [4.69, 9.17) is 11.6 Å². The van der Waals surface area contributed by atoms with Crippen LogP contribution in [0.5, 0.6) is 0 Å². The van der Waals surface area contributed by atoms with Crippen molar-refractivity contribution < 1.29 is 22.0 Å². The number of benzene rings is 1. The van der Waals surface area contributed by atoms with Crippen LogP contribution in [-0.2, 0) is 5.88 Å². The molecule has 0 spiro atoms. The zero-order valence-electron chi connectivity index (χ0n) is 10.3. The van der Waals surface area contributed by atoms with Crippen LogP contribution in [0.4, 0.5) is 22.0 Å². The second-order valence-electron chi connectivity index (χ2n) is 4.43. The number of nitrogens with zero attached hydrogens (tertiary/aromatic N) is 2. The lowest BCUT2D eigenvalue weighted by Crippen LogP contribution is -2.18. The maximum absolute atomic E-state index is 13.8. The van der Waals surface area contributed by atoms with E-state index in [0.29, 0.717) is 0 Å². The molecule has 0 fully saturated rings. The first-order chi connectivity index (χ1) is 9.24. The van der Waals surface area contributed by atoms with Gasteiger partial charge in [-0.05, 0) is 19.1 Å². The molecular weight excluding hydrogens is 303 g/mol. The molecule has 0 saturated carbocycles. The third-order valence-corrected chi connectivity index (χ3v) is 3.14. The Hall–Kier alpha value is -1.37. The summed E-state index contributed by atoms with van der Waals surface area (Å²) in [5.41, 5.74) is -0.217. The maximum Gasteiger partial charge on any atom is 0.391 e. The number of halogens is 6. The highest BCUT2D eigenvalue weighted by Gasteiger charge is 2.32. The van der Waals surface area contributed by atoms with E-state index >= 15 is 0 Å². The van der Waals surface area contributed by atoms with Crippen LogP contribution in [0.25, 0.3) is 11.0 Å². The van der Waals surface area contributed by atoms with Crippen LogP contribution >= 0.6 is 11.6 Å². The molecule has 1 aromatic heterocycles. The first-order valence-electron chi connectivity index (χ1n) is 5.72. The first kappa shape index (κ1) is 15.0. The van der Waals surface area contributed by atoms with Crippen LogP contribution in [0.3, 0.4) is 0 Å². The minimum Gasteiger partial charge on any atom is -0.321 e. The van der Waals surface area contributed by atoms with E-state index in [-0.39, 0.29) is 22.7 Å². The molecule has 20 heavy (non-hydrogen) atoms. The lowest BCUT2D eigenvalue weighted by molar-refractivity contribution is -0.141. The Morgan fingerprint density at radius 1 is 1.30 bits per heavy atom. The Kier molecular flexibility index (Phi) is 3.90. The standard InChI is InChI=1S/C12H10ClF5N2/c1-6(4-12(16,17)18)20-9(5-13)19-8-3-2-7(14)10(15)11(8)20/h2-3,6H,4-5H2,1H3. The minimum absolute atomic E-state index is 0.0721. The van der Waals surface area contributed by atoms with Gasteiger partial charge in [0.25, 0.3) is 0 Å². The van der Waals surface area contributed by atoms with Gasteiger partial charge in [-0.1, -0.05) is 0 Å². The second-order valence-corrected chi connectivity index (χ2v) is 4.70. The number of hydrogen-bond acceptors (Lipinski definition) is 1. The van der Waals surface area contributed by atoms with Crippen LogP contribution in [0.1, 0.15) is 25.2 Å². The van der Waals surface area contributed by atoms with Gasteiger partial charge in [0, 0.05) is 6.04 Å². The average Bonchev–Trinajstić information content (AvgIpc) is 2.71. The monoisotopic (exact) mass is 312 g/mol. The lowest BCUT2D eigenvalue weighted by atomic mass is 10.2. The van der Waals surface area contributed by atoms with Crippen molar-refractivity contribution in [1.82, 2.24) is 9.55 Å². The molecule has 1 aromatic carbocycles. The van der Waals surface area contributed by atoms with E-state index in [1.807, 2.05) is 0 Å². The number of hydrogen-bond donors (Lipinski definition) is 0. The molecule has 110 valence electrons. The normalized spacial score (nSPS) is 13.9. The highest BCUT2D eigenvalue weighted by atomic mass is 35.5. The van der Waals surface area contributed by atoms with Gasteiger partial charge >= 0.3 is 6.18 Å². The van der Waals surface area contributed by atoms with Gasteiger partial charge in [-0.2, -0.15) is 13.2 Å². The van der Waals surface area contributed by atoms with Gasteiger partial charge in [-0.15, -0.1) is 11.6 Å². The van der Waals surface area contributed by atoms with Gasteiger partial charge in [-0.3, -0.25) is 0 Å². The summed E-state index contributed by atoms with van der Waals surface area (Å²) in [7, 11) is 0. The quantitative estimate of drug-likeness (QED) is 0.600. The van der Waals surface area contributed by atoms with Gasteiger partial charge in [0.05, 0.1) is 17.8 Å². The lowest BCUT2D eigenvalue weighted by Gasteiger charge is -2.18. The summed E-state index contributed by atoms with van der Waals surface area (Å²) in [5.74, 6) is -2.49. The third-order valence-electron chi connectivity index (χ3n) is 2.90. The molecule has 0 aliphatic carbocycles. The Balaban J connectivity index is 2.63. The van der Waals surface area contributed by atoms with E-state index in [9.17, 15) is 22.0 Å². The number of fused-ring (bicyclic) bond motifs is 1. The fourth-order valence-electron chi connectivity index (χ4n) is 2.17. The molecule has 0 bridgehead atoms. The van der Waals surface area contributed by atoms with Crippen LogP contribution < -0.4 is 0 Å². The number of aromatic nitrogens is 2. The van der Waals surface area contributed by atoms with Gasteiger partial charge in [0.2, 0.25) is 0 Å². The van der Waals surface area contributed by atoms with Crippen molar-refractivity contribution in [2.45, 2.75) is 31.4 Å². The number of rotatable bonds is 3. The largest absolute Gasteiger partial charge is 0.391 e. The van der Waals surface area contributed by atoms with Crippen molar-refractivity contribution in [2.24, 2.45) is 0 Å². The Labute approximate surface area is 116 Å². The summed E-state index contributed by atoms with van der Waals surface area (Å²) in [6.45, 7) is 1.26. The third kappa shape index (κ3) is 2.72. The Morgan fingerprint density at radius 2 is 1.95 bits per heavy atom. The molecule has 2 aromatic rings. The van der Waals surface area contributed by atoms with E-state index in [2.05, 4.69) is 4.98 Å². The van der Waals surface area contributed by atoms with Crippen LogP contribution in [0, 0.1) is 11.6 Å². The van der Waals surface area contributed by atoms with Crippen molar-refractivity contribution in [3.05, 3.63) is 29.6 Å². The van der Waals surface area contributed by atoms with Gasteiger partial charge < -0.3 is 4.57 Å². The van der Waals surface area contributed by atoms with E-state index in [1.165, 1.54) is 13.0 Å². The summed E-state index contributed by atoms with van der Waals surface area (Å²) in [5, 5.41) is 0. The highest BCUT2D eigenvalue weighted by Crippen LogP contribution is 2.32. The molecular formula is C12H10ClF5N2. The van der Waals surface area contributed by atoms with Gasteiger partial charge in [0.1, 0.15) is 11.3 Å². The molecule has 0 radical (unpaired) electrons. The summed E-state index contributed by atoms with van der Waals surface area (Å²) in [6, 6.07) is 0.951. The van der Waals surface area contributed by atoms with E-state index in [0.717, 1.165) is 10.6 Å². The molecule has 2 rings (SSSR count). The van der Waals surface area contributed by atoms with Crippen LogP contribution in [-0.4, -0.2) is 15.7 Å². The maximum atomic E-state index is 13.8. The first-order valence-corrected chi connectivity index (χ1v) is 6.25. The SMILES string of the molecule is CC(CC(F)(F)F)n1c(CCl)nc2ccc(F)c(F)c21. The van der Waals surface area contributed by atoms with Crippen molar-refractivity contribution in [2.75, 3.05) is 0 Å². The zero-order chi connectivity index (χ0) is 15.1. The van der Waals surface area contributed by atoms with Crippen LogP contribution in [0.2, 0.25) is 0 Å². The predicted octanol–water partition coefficient (Wildman–Crippen LogP) is 4.57. The molecule has 1 heterocycles. The van der Waals surface area contributed by atoms with Crippen LogP contribution in [0.15, 0.2) is 12.1 Å².